The second kappa shape index (κ2) is 7.81. The third kappa shape index (κ3) is 4.32. The van der Waals surface area contributed by atoms with Crippen LogP contribution in [-0.2, 0) is 6.18 Å². The van der Waals surface area contributed by atoms with Gasteiger partial charge in [-0.25, -0.2) is 4.79 Å². The lowest BCUT2D eigenvalue weighted by atomic mass is 10.0. The van der Waals surface area contributed by atoms with Crippen LogP contribution in [0.4, 0.5) is 18.9 Å². The monoisotopic (exact) mass is 447 g/mol. The summed E-state index contributed by atoms with van der Waals surface area (Å²) in [6, 6.07) is 10.9. The molecule has 31 heavy (non-hydrogen) atoms. The zero-order valence-electron chi connectivity index (χ0n) is 16.1. The molecule has 0 radical (unpaired) electrons. The molecule has 2 aromatic carbocycles. The van der Waals surface area contributed by atoms with Gasteiger partial charge in [-0.1, -0.05) is 12.1 Å². The van der Waals surface area contributed by atoms with Crippen LogP contribution in [0.2, 0.25) is 0 Å². The number of thioether (sulfide) groups is 1. The number of alkyl halides is 3. The smallest absolute Gasteiger partial charge is 0.416 e. The lowest BCUT2D eigenvalue weighted by Gasteiger charge is -2.16. The van der Waals surface area contributed by atoms with E-state index in [9.17, 15) is 28.2 Å². The van der Waals surface area contributed by atoms with Crippen LogP contribution in [-0.4, -0.2) is 15.9 Å². The molecule has 4 rings (SSSR count). The molecule has 1 aromatic heterocycles. The number of rotatable bonds is 2. The Morgan fingerprint density at radius 3 is 2.58 bits per heavy atom. The molecule has 0 saturated carbocycles. The maximum atomic E-state index is 13.3. The summed E-state index contributed by atoms with van der Waals surface area (Å²) >= 11 is 1.26. The summed E-state index contributed by atoms with van der Waals surface area (Å²) in [5.74, 6) is -0.132. The SMILES string of the molecule is Cc1cc(O)c(C2=Nc3cc(C(F)(F)F)ccc3SC(c3cccc(O)c3)C2)c(=O)o1. The van der Waals surface area contributed by atoms with Gasteiger partial charge in [0.05, 0.1) is 17.0 Å². The van der Waals surface area contributed by atoms with Gasteiger partial charge in [0.25, 0.3) is 0 Å². The van der Waals surface area contributed by atoms with Crippen molar-refractivity contribution < 1.29 is 27.8 Å². The van der Waals surface area contributed by atoms with Gasteiger partial charge in [-0.15, -0.1) is 11.8 Å². The van der Waals surface area contributed by atoms with E-state index in [4.69, 9.17) is 4.42 Å². The second-order valence-electron chi connectivity index (χ2n) is 7.05. The van der Waals surface area contributed by atoms with Crippen LogP contribution in [0, 0.1) is 6.92 Å². The largest absolute Gasteiger partial charge is 0.508 e. The van der Waals surface area contributed by atoms with Crippen molar-refractivity contribution in [2.45, 2.75) is 29.7 Å². The average molecular weight is 447 g/mol. The fourth-order valence-electron chi connectivity index (χ4n) is 3.37. The van der Waals surface area contributed by atoms with Gasteiger partial charge >= 0.3 is 11.8 Å². The third-order valence-electron chi connectivity index (χ3n) is 4.77. The first-order valence-corrected chi connectivity index (χ1v) is 10.1. The van der Waals surface area contributed by atoms with E-state index < -0.39 is 17.4 Å². The van der Waals surface area contributed by atoms with Crippen LogP contribution < -0.4 is 5.63 Å². The van der Waals surface area contributed by atoms with Gasteiger partial charge in [-0.3, -0.25) is 4.99 Å². The number of phenols is 1. The Morgan fingerprint density at radius 2 is 1.90 bits per heavy atom. The summed E-state index contributed by atoms with van der Waals surface area (Å²) in [7, 11) is 0. The number of nitrogens with zero attached hydrogens (tertiary/aromatic N) is 1. The van der Waals surface area contributed by atoms with Crippen molar-refractivity contribution in [1.29, 1.82) is 0 Å². The fourth-order valence-corrected chi connectivity index (χ4v) is 4.58. The molecule has 2 heterocycles. The Balaban J connectivity index is 1.92. The van der Waals surface area contributed by atoms with E-state index in [1.807, 2.05) is 0 Å². The summed E-state index contributed by atoms with van der Waals surface area (Å²) in [5, 5.41) is 19.9. The predicted molar refractivity (Wildman–Crippen MR) is 110 cm³/mol. The predicted octanol–water partition coefficient (Wildman–Crippen LogP) is 5.74. The molecule has 1 unspecified atom stereocenters. The van der Waals surface area contributed by atoms with Crippen molar-refractivity contribution in [2.75, 3.05) is 0 Å². The highest BCUT2D eigenvalue weighted by atomic mass is 32.2. The van der Waals surface area contributed by atoms with Crippen molar-refractivity contribution in [3.05, 3.63) is 81.4 Å². The second-order valence-corrected chi connectivity index (χ2v) is 8.29. The van der Waals surface area contributed by atoms with E-state index in [0.29, 0.717) is 10.5 Å². The summed E-state index contributed by atoms with van der Waals surface area (Å²) in [5.41, 5.74) is -1.05. The number of fused-ring (bicyclic) bond motifs is 1. The van der Waals surface area contributed by atoms with Gasteiger partial charge < -0.3 is 14.6 Å². The number of phenolic OH excluding ortho intramolecular Hbond substituents is 1. The summed E-state index contributed by atoms with van der Waals surface area (Å²) in [6.45, 7) is 1.50. The Kier molecular flexibility index (Phi) is 5.30. The zero-order chi connectivity index (χ0) is 22.3. The lowest BCUT2D eigenvalue weighted by Crippen LogP contribution is -2.17. The molecule has 0 amide bonds. The van der Waals surface area contributed by atoms with E-state index in [1.54, 1.807) is 18.2 Å². The lowest BCUT2D eigenvalue weighted by molar-refractivity contribution is -0.137. The van der Waals surface area contributed by atoms with Crippen molar-refractivity contribution >= 4 is 23.2 Å². The standard InChI is InChI=1S/C22H16F3NO4S/c1-11-7-17(28)20(21(29)30-11)16-10-19(12-3-2-4-14(27)8-12)31-18-6-5-13(22(23,24)25)9-15(18)26-16/h2-9,19,27-28H,10H2,1H3. The summed E-state index contributed by atoms with van der Waals surface area (Å²) in [4.78, 5) is 17.3. The molecule has 1 aliphatic rings. The molecule has 3 aromatic rings. The normalized spacial score (nSPS) is 16.4. The third-order valence-corrected chi connectivity index (χ3v) is 6.10. The summed E-state index contributed by atoms with van der Waals surface area (Å²) < 4.78 is 44.8. The maximum absolute atomic E-state index is 13.3. The van der Waals surface area contributed by atoms with E-state index in [-0.39, 0.29) is 45.9 Å². The van der Waals surface area contributed by atoms with Crippen LogP contribution in [0.15, 0.2) is 67.6 Å². The molecule has 5 nitrogen and oxygen atoms in total. The minimum absolute atomic E-state index is 0.0335. The molecular weight excluding hydrogens is 431 g/mol. The number of aromatic hydroxyl groups is 2. The Labute approximate surface area is 178 Å². The Morgan fingerprint density at radius 1 is 1.13 bits per heavy atom. The summed E-state index contributed by atoms with van der Waals surface area (Å²) in [6.07, 6.45) is -4.44. The maximum Gasteiger partial charge on any atom is 0.416 e. The Hall–Kier alpha value is -3.20. The zero-order valence-corrected chi connectivity index (χ0v) is 16.9. The first-order valence-electron chi connectivity index (χ1n) is 9.20. The van der Waals surface area contributed by atoms with E-state index >= 15 is 0 Å². The molecule has 0 aliphatic carbocycles. The van der Waals surface area contributed by atoms with Crippen molar-refractivity contribution in [3.8, 4) is 11.5 Å². The van der Waals surface area contributed by atoms with Crippen LogP contribution in [0.1, 0.15) is 34.1 Å². The highest BCUT2D eigenvalue weighted by Crippen LogP contribution is 2.47. The number of aliphatic imine (C=N–C) groups is 1. The molecular formula is C22H16F3NO4S. The van der Waals surface area contributed by atoms with Crippen LogP contribution in [0.5, 0.6) is 11.5 Å². The first-order chi connectivity index (χ1) is 14.6. The number of hydrogen-bond donors (Lipinski definition) is 2. The van der Waals surface area contributed by atoms with Gasteiger partial charge in [0.2, 0.25) is 0 Å². The van der Waals surface area contributed by atoms with Gasteiger partial charge in [0.1, 0.15) is 22.8 Å². The Bertz CT molecular complexity index is 1250. The van der Waals surface area contributed by atoms with Gasteiger partial charge in [0, 0.05) is 22.6 Å². The molecule has 160 valence electrons. The minimum Gasteiger partial charge on any atom is -0.508 e. The molecule has 1 aliphatic heterocycles. The molecule has 0 fully saturated rings. The number of benzene rings is 2. The van der Waals surface area contributed by atoms with Gasteiger partial charge in [0.15, 0.2) is 0 Å². The van der Waals surface area contributed by atoms with Crippen molar-refractivity contribution in [2.24, 2.45) is 4.99 Å². The van der Waals surface area contributed by atoms with Crippen molar-refractivity contribution in [3.63, 3.8) is 0 Å². The van der Waals surface area contributed by atoms with E-state index in [0.717, 1.165) is 12.1 Å². The van der Waals surface area contributed by atoms with E-state index in [1.165, 1.54) is 36.9 Å². The molecule has 0 spiro atoms. The van der Waals surface area contributed by atoms with Gasteiger partial charge in [-0.05, 0) is 42.8 Å². The average Bonchev–Trinajstić information content (AvgIpc) is 2.85. The minimum atomic E-state index is -4.56. The number of halogens is 3. The quantitative estimate of drug-likeness (QED) is 0.524. The highest BCUT2D eigenvalue weighted by Gasteiger charge is 2.33. The van der Waals surface area contributed by atoms with Gasteiger partial charge in [-0.2, -0.15) is 13.2 Å². The first kappa shape index (κ1) is 21.0. The molecule has 1 atom stereocenters. The fraction of sp³-hybridized carbons (Fsp3) is 0.182. The van der Waals surface area contributed by atoms with Crippen LogP contribution in [0.25, 0.3) is 0 Å². The molecule has 0 bridgehead atoms. The molecule has 2 N–H and O–H groups in total. The highest BCUT2D eigenvalue weighted by molar-refractivity contribution is 7.99. The molecule has 9 heteroatoms. The molecule has 0 saturated heterocycles. The van der Waals surface area contributed by atoms with Crippen molar-refractivity contribution in [1.82, 2.24) is 0 Å². The topological polar surface area (TPSA) is 83.0 Å². The number of hydrogen-bond acceptors (Lipinski definition) is 6. The number of aryl methyl sites for hydroxylation is 1. The van der Waals surface area contributed by atoms with Crippen LogP contribution >= 0.6 is 11.8 Å². The van der Waals surface area contributed by atoms with Crippen LogP contribution in [0.3, 0.4) is 0 Å². The van der Waals surface area contributed by atoms with E-state index in [2.05, 4.69) is 4.99 Å².